The molecule has 0 fully saturated rings. The van der Waals surface area contributed by atoms with E-state index in [-0.39, 0.29) is 0 Å². The highest BCUT2D eigenvalue weighted by Gasteiger charge is 2.17. The summed E-state index contributed by atoms with van der Waals surface area (Å²) < 4.78 is 0. The summed E-state index contributed by atoms with van der Waals surface area (Å²) in [5.74, 6) is 1.95. The molecule has 4 rings (SSSR count). The van der Waals surface area contributed by atoms with E-state index in [4.69, 9.17) is 0 Å². The third kappa shape index (κ3) is 1.87. The van der Waals surface area contributed by atoms with E-state index in [9.17, 15) is 0 Å². The number of rotatable bonds is 2. The maximum Gasteiger partial charge on any atom is 0.145 e. The van der Waals surface area contributed by atoms with Crippen molar-refractivity contribution in [1.29, 1.82) is 0 Å². The number of thioether (sulfide) groups is 1. The Balaban J connectivity index is 1.78. The van der Waals surface area contributed by atoms with E-state index < -0.39 is 0 Å². The highest BCUT2D eigenvalue weighted by Crippen LogP contribution is 2.33. The lowest BCUT2D eigenvalue weighted by Gasteiger charge is -2.25. The topological polar surface area (TPSA) is 73.5 Å². The van der Waals surface area contributed by atoms with E-state index in [1.165, 1.54) is 4.91 Å². The molecular weight excluding hydrogens is 272 g/mol. The summed E-state index contributed by atoms with van der Waals surface area (Å²) in [6, 6.07) is 3.99. The van der Waals surface area contributed by atoms with Gasteiger partial charge in [-0.1, -0.05) is 0 Å². The molecule has 0 saturated heterocycles. The average molecular weight is 284 g/mol. The zero-order chi connectivity index (χ0) is 13.4. The third-order valence-electron chi connectivity index (χ3n) is 3.23. The zero-order valence-electron chi connectivity index (χ0n) is 10.6. The quantitative estimate of drug-likeness (QED) is 0.755. The van der Waals surface area contributed by atoms with Crippen molar-refractivity contribution in [2.45, 2.75) is 0 Å². The summed E-state index contributed by atoms with van der Waals surface area (Å²) in [6.07, 6.45) is 7.38. The molecular formula is C13H12N6S. The predicted octanol–water partition coefficient (Wildman–Crippen LogP) is 2.23. The summed E-state index contributed by atoms with van der Waals surface area (Å²) in [5.41, 5.74) is 1.91. The van der Waals surface area contributed by atoms with Gasteiger partial charge in [0.2, 0.25) is 0 Å². The summed E-state index contributed by atoms with van der Waals surface area (Å²) in [5, 5.41) is 8.06. The molecule has 7 heteroatoms. The van der Waals surface area contributed by atoms with Gasteiger partial charge < -0.3 is 9.88 Å². The van der Waals surface area contributed by atoms with Crippen molar-refractivity contribution < 1.29 is 0 Å². The number of nitrogens with zero attached hydrogens (tertiary/aromatic N) is 4. The van der Waals surface area contributed by atoms with Gasteiger partial charge in [-0.3, -0.25) is 5.10 Å². The van der Waals surface area contributed by atoms with Crippen LogP contribution in [-0.2, 0) is 0 Å². The van der Waals surface area contributed by atoms with Gasteiger partial charge in [0.25, 0.3) is 0 Å². The second kappa shape index (κ2) is 4.68. The highest BCUT2D eigenvalue weighted by atomic mass is 32.2. The van der Waals surface area contributed by atoms with Crippen LogP contribution in [0.1, 0.15) is 5.69 Å². The summed E-state index contributed by atoms with van der Waals surface area (Å²) >= 11 is 1.82. The molecule has 0 unspecified atom stereocenters. The van der Waals surface area contributed by atoms with E-state index in [2.05, 4.69) is 36.2 Å². The monoisotopic (exact) mass is 284 g/mol. The molecule has 2 N–H and O–H groups in total. The van der Waals surface area contributed by atoms with Crippen molar-refractivity contribution in [2.24, 2.45) is 0 Å². The van der Waals surface area contributed by atoms with Gasteiger partial charge in [-0.2, -0.15) is 5.10 Å². The maximum absolute atomic E-state index is 4.43. The zero-order valence-corrected chi connectivity index (χ0v) is 11.4. The molecule has 4 heterocycles. The Labute approximate surface area is 119 Å². The van der Waals surface area contributed by atoms with Gasteiger partial charge in [-0.15, -0.1) is 11.8 Å². The predicted molar refractivity (Wildman–Crippen MR) is 80.3 cm³/mol. The van der Waals surface area contributed by atoms with Crippen LogP contribution in [0.4, 0.5) is 5.82 Å². The molecule has 6 nitrogen and oxygen atoms in total. The number of nitrogens with one attached hydrogen (secondary N) is 2. The molecule has 0 amide bonds. The highest BCUT2D eigenvalue weighted by molar-refractivity contribution is 8.08. The average Bonchev–Trinajstić information content (AvgIpc) is 3.18. The molecule has 3 aromatic rings. The molecule has 0 aromatic carbocycles. The number of H-pyrrole nitrogens is 2. The van der Waals surface area contributed by atoms with Crippen molar-refractivity contribution in [3.05, 3.63) is 42.7 Å². The first-order chi connectivity index (χ1) is 9.92. The van der Waals surface area contributed by atoms with Crippen LogP contribution >= 0.6 is 11.8 Å². The number of hydrogen-bond donors (Lipinski definition) is 2. The summed E-state index contributed by atoms with van der Waals surface area (Å²) in [4.78, 5) is 15.1. The molecule has 100 valence electrons. The maximum atomic E-state index is 4.43. The van der Waals surface area contributed by atoms with Crippen molar-refractivity contribution in [3.63, 3.8) is 0 Å². The summed E-state index contributed by atoms with van der Waals surface area (Å²) in [6.45, 7) is 0.930. The van der Waals surface area contributed by atoms with Crippen LogP contribution in [0.5, 0.6) is 0 Å². The Hall–Kier alpha value is -2.28. The van der Waals surface area contributed by atoms with Crippen molar-refractivity contribution >= 4 is 33.5 Å². The Morgan fingerprint density at radius 2 is 2.25 bits per heavy atom. The fraction of sp³-hybridized carbons (Fsp3) is 0.154. The molecule has 20 heavy (non-hydrogen) atoms. The van der Waals surface area contributed by atoms with Crippen molar-refractivity contribution in [1.82, 2.24) is 25.1 Å². The number of hydrogen-bond acceptors (Lipinski definition) is 5. The lowest BCUT2D eigenvalue weighted by Crippen LogP contribution is -2.24. The van der Waals surface area contributed by atoms with Gasteiger partial charge in [-0.25, -0.2) is 9.97 Å². The Morgan fingerprint density at radius 1 is 1.25 bits per heavy atom. The number of aromatic nitrogens is 5. The molecule has 0 saturated carbocycles. The second-order valence-electron chi connectivity index (χ2n) is 4.44. The van der Waals surface area contributed by atoms with E-state index >= 15 is 0 Å². The third-order valence-corrected chi connectivity index (χ3v) is 4.26. The van der Waals surface area contributed by atoms with Gasteiger partial charge >= 0.3 is 0 Å². The Bertz CT molecular complexity index is 760. The van der Waals surface area contributed by atoms with Crippen molar-refractivity contribution in [3.8, 4) is 0 Å². The van der Waals surface area contributed by atoms with Crippen LogP contribution in [-0.4, -0.2) is 37.4 Å². The first kappa shape index (κ1) is 11.5. The Morgan fingerprint density at radius 3 is 3.15 bits per heavy atom. The van der Waals surface area contributed by atoms with Gasteiger partial charge in [0.1, 0.15) is 17.8 Å². The van der Waals surface area contributed by atoms with Crippen LogP contribution in [0.2, 0.25) is 0 Å². The first-order valence-electron chi connectivity index (χ1n) is 6.31. The fourth-order valence-corrected chi connectivity index (χ4v) is 3.27. The molecule has 1 aliphatic rings. The minimum atomic E-state index is 0.865. The molecule has 0 bridgehead atoms. The SMILES string of the molecule is C1=C(c2ccn[nH]2)SCCN1c1ncnc2[nH]ccc12. The van der Waals surface area contributed by atoms with Crippen LogP contribution < -0.4 is 4.90 Å². The van der Waals surface area contributed by atoms with Gasteiger partial charge in [-0.05, 0) is 12.1 Å². The second-order valence-corrected chi connectivity index (χ2v) is 5.58. The molecule has 0 spiro atoms. The normalized spacial score (nSPS) is 15.6. The molecule has 1 aliphatic heterocycles. The lowest BCUT2D eigenvalue weighted by atomic mass is 10.3. The van der Waals surface area contributed by atoms with Crippen LogP contribution in [0.25, 0.3) is 15.9 Å². The number of aromatic amines is 2. The van der Waals surface area contributed by atoms with Gasteiger partial charge in [0.05, 0.1) is 11.1 Å². The van der Waals surface area contributed by atoms with E-state index in [0.29, 0.717) is 0 Å². The first-order valence-corrected chi connectivity index (χ1v) is 7.29. The number of fused-ring (bicyclic) bond motifs is 1. The van der Waals surface area contributed by atoms with Crippen LogP contribution in [0.15, 0.2) is 37.1 Å². The standard InChI is InChI=1S/C13H12N6S/c1-3-14-12-9(1)13(16-8-15-12)19-5-6-20-11(7-19)10-2-4-17-18-10/h1-4,7-8H,5-6H2,(H,17,18)(H,14,15,16). The van der Waals surface area contributed by atoms with Crippen LogP contribution in [0.3, 0.4) is 0 Å². The van der Waals surface area contributed by atoms with Gasteiger partial charge in [0, 0.05) is 35.8 Å². The lowest BCUT2D eigenvalue weighted by molar-refractivity contribution is 0.985. The van der Waals surface area contributed by atoms with E-state index in [1.54, 1.807) is 12.5 Å². The Kier molecular flexibility index (Phi) is 2.70. The summed E-state index contributed by atoms with van der Waals surface area (Å²) in [7, 11) is 0. The van der Waals surface area contributed by atoms with Crippen LogP contribution in [0, 0.1) is 0 Å². The number of anilines is 1. The minimum Gasteiger partial charge on any atom is -0.346 e. The van der Waals surface area contributed by atoms with Crippen molar-refractivity contribution in [2.75, 3.05) is 17.2 Å². The van der Waals surface area contributed by atoms with Gasteiger partial charge in [0.15, 0.2) is 0 Å². The molecule has 0 atom stereocenters. The van der Waals surface area contributed by atoms with E-state index in [0.717, 1.165) is 34.8 Å². The molecule has 0 aliphatic carbocycles. The largest absolute Gasteiger partial charge is 0.346 e. The molecule has 0 radical (unpaired) electrons. The molecule has 3 aromatic heterocycles. The van der Waals surface area contributed by atoms with E-state index in [1.807, 2.05) is 30.1 Å². The fourth-order valence-electron chi connectivity index (χ4n) is 2.29. The smallest absolute Gasteiger partial charge is 0.145 e. The minimum absolute atomic E-state index is 0.865.